The number of aromatic nitrogens is 4. The molecule has 0 spiro atoms. The molecule has 0 saturated heterocycles. The van der Waals surface area contributed by atoms with E-state index >= 15 is 0 Å². The van der Waals surface area contributed by atoms with Crippen molar-refractivity contribution in [3.05, 3.63) is 93.4 Å². The molecule has 4 rings (SSSR count). The first kappa shape index (κ1) is 18.9. The lowest BCUT2D eigenvalue weighted by Crippen LogP contribution is -2.41. The molecule has 0 amide bonds. The minimum absolute atomic E-state index is 0.0943. The Morgan fingerprint density at radius 1 is 0.897 bits per heavy atom. The second-order valence-corrected chi connectivity index (χ2v) is 7.67. The molecule has 0 unspecified atom stereocenters. The fourth-order valence-corrected chi connectivity index (χ4v) is 3.67. The van der Waals surface area contributed by atoms with Crippen LogP contribution in [-0.4, -0.2) is 18.7 Å². The van der Waals surface area contributed by atoms with Crippen molar-refractivity contribution < 1.29 is 0 Å². The summed E-state index contributed by atoms with van der Waals surface area (Å²) >= 11 is 0. The minimum atomic E-state index is -0.361. The van der Waals surface area contributed by atoms with Crippen LogP contribution in [0.1, 0.15) is 32.4 Å². The van der Waals surface area contributed by atoms with E-state index in [0.717, 1.165) is 5.56 Å². The largest absolute Gasteiger partial charge is 0.337 e. The zero-order valence-electron chi connectivity index (χ0n) is 16.8. The van der Waals surface area contributed by atoms with Gasteiger partial charge in [0, 0.05) is 6.54 Å². The molecule has 2 aromatic heterocycles. The first-order valence-corrected chi connectivity index (χ1v) is 9.81. The van der Waals surface area contributed by atoms with Crippen LogP contribution in [0.25, 0.3) is 16.9 Å². The summed E-state index contributed by atoms with van der Waals surface area (Å²) in [5, 5.41) is 0. The van der Waals surface area contributed by atoms with Crippen LogP contribution in [0.3, 0.4) is 0 Å². The zero-order chi connectivity index (χ0) is 20.5. The monoisotopic (exact) mass is 388 g/mol. The molecule has 6 nitrogen and oxygen atoms in total. The third kappa shape index (κ3) is 3.31. The fraction of sp³-hybridized carbons (Fsp3) is 0.261. The van der Waals surface area contributed by atoms with Gasteiger partial charge in [0.15, 0.2) is 11.2 Å². The lowest BCUT2D eigenvalue weighted by molar-refractivity contribution is 0.488. The van der Waals surface area contributed by atoms with Gasteiger partial charge < -0.3 is 4.57 Å². The van der Waals surface area contributed by atoms with Crippen molar-refractivity contribution in [3.63, 3.8) is 0 Å². The molecule has 0 aliphatic carbocycles. The summed E-state index contributed by atoms with van der Waals surface area (Å²) in [6, 6.07) is 19.2. The summed E-state index contributed by atoms with van der Waals surface area (Å²) in [5.74, 6) is 0.157. The van der Waals surface area contributed by atoms with Gasteiger partial charge in [0.25, 0.3) is 5.56 Å². The molecule has 0 saturated carbocycles. The maximum atomic E-state index is 13.4. The van der Waals surface area contributed by atoms with E-state index in [4.69, 9.17) is 0 Å². The van der Waals surface area contributed by atoms with Gasteiger partial charge in [0.05, 0.1) is 18.1 Å². The van der Waals surface area contributed by atoms with Crippen molar-refractivity contribution in [2.24, 2.45) is 5.92 Å². The highest BCUT2D eigenvalue weighted by atomic mass is 16.2. The Morgan fingerprint density at radius 2 is 1.52 bits per heavy atom. The Labute approximate surface area is 168 Å². The van der Waals surface area contributed by atoms with Gasteiger partial charge in [0.2, 0.25) is 0 Å². The van der Waals surface area contributed by atoms with Crippen molar-refractivity contribution in [1.29, 1.82) is 0 Å². The van der Waals surface area contributed by atoms with E-state index in [-0.39, 0.29) is 23.2 Å². The van der Waals surface area contributed by atoms with E-state index in [2.05, 4.69) is 4.98 Å². The van der Waals surface area contributed by atoms with Gasteiger partial charge in [-0.1, -0.05) is 62.4 Å². The highest BCUT2D eigenvalue weighted by Gasteiger charge is 2.22. The zero-order valence-corrected chi connectivity index (χ0v) is 16.8. The highest BCUT2D eigenvalue weighted by Crippen LogP contribution is 2.22. The van der Waals surface area contributed by atoms with Crippen molar-refractivity contribution in [2.45, 2.75) is 33.4 Å². The molecule has 0 aliphatic rings. The maximum absolute atomic E-state index is 13.4. The van der Waals surface area contributed by atoms with Gasteiger partial charge in [0.1, 0.15) is 0 Å². The summed E-state index contributed by atoms with van der Waals surface area (Å²) in [4.78, 5) is 31.1. The average molecular weight is 388 g/mol. The molecule has 29 heavy (non-hydrogen) atoms. The molecule has 0 N–H and O–H groups in total. The van der Waals surface area contributed by atoms with Crippen molar-refractivity contribution >= 4 is 11.2 Å². The first-order chi connectivity index (χ1) is 14.0. The van der Waals surface area contributed by atoms with Crippen LogP contribution >= 0.6 is 0 Å². The number of fused-ring (bicyclic) bond motifs is 1. The quantitative estimate of drug-likeness (QED) is 0.525. The molecule has 0 radical (unpaired) electrons. The normalized spacial score (nSPS) is 12.6. The van der Waals surface area contributed by atoms with Crippen LogP contribution in [0.2, 0.25) is 0 Å². The van der Waals surface area contributed by atoms with Crippen LogP contribution < -0.4 is 11.2 Å². The smallest absolute Gasteiger partial charge is 0.317 e. The second-order valence-electron chi connectivity index (χ2n) is 7.67. The van der Waals surface area contributed by atoms with Crippen molar-refractivity contribution in [1.82, 2.24) is 18.7 Å². The van der Waals surface area contributed by atoms with E-state index in [1.165, 1.54) is 9.13 Å². The number of benzene rings is 2. The molecule has 0 fully saturated rings. The molecule has 2 aromatic carbocycles. The molecule has 2 heterocycles. The standard InChI is InChI=1S/C23H24N4O2/c1-16(2)14-25-22(28)20-21(27(23(25)29)19-12-8-5-9-13-19)24-15-26(20)17(3)18-10-6-4-7-11-18/h4-13,15-17H,14H2,1-3H3/t17-/m1/s1. The van der Waals surface area contributed by atoms with E-state index in [1.807, 2.05) is 86.0 Å². The molecular formula is C23H24N4O2. The van der Waals surface area contributed by atoms with Gasteiger partial charge in [-0.05, 0) is 30.5 Å². The van der Waals surface area contributed by atoms with Crippen molar-refractivity contribution in [3.8, 4) is 5.69 Å². The third-order valence-electron chi connectivity index (χ3n) is 5.12. The number of hydrogen-bond donors (Lipinski definition) is 0. The Kier molecular flexibility index (Phi) is 4.92. The average Bonchev–Trinajstić information content (AvgIpc) is 3.17. The topological polar surface area (TPSA) is 61.8 Å². The lowest BCUT2D eigenvalue weighted by Gasteiger charge is -2.17. The summed E-state index contributed by atoms with van der Waals surface area (Å²) in [5.41, 5.74) is 1.92. The SMILES string of the molecule is CC(C)Cn1c(=O)c2c(ncn2[C@H](C)c2ccccc2)n(-c2ccccc2)c1=O. The van der Waals surface area contributed by atoms with Gasteiger partial charge in [-0.15, -0.1) is 0 Å². The summed E-state index contributed by atoms with van der Waals surface area (Å²) < 4.78 is 4.73. The number of nitrogens with zero attached hydrogens (tertiary/aromatic N) is 4. The van der Waals surface area contributed by atoms with Crippen molar-refractivity contribution in [2.75, 3.05) is 0 Å². The van der Waals surface area contributed by atoms with Gasteiger partial charge in [-0.3, -0.25) is 9.36 Å². The van der Waals surface area contributed by atoms with E-state index in [0.29, 0.717) is 23.4 Å². The number of imidazole rings is 1. The van der Waals surface area contributed by atoms with E-state index < -0.39 is 0 Å². The van der Waals surface area contributed by atoms with E-state index in [9.17, 15) is 9.59 Å². The first-order valence-electron chi connectivity index (χ1n) is 9.81. The minimum Gasteiger partial charge on any atom is -0.317 e. The Hall–Kier alpha value is -3.41. The van der Waals surface area contributed by atoms with Gasteiger partial charge in [-0.2, -0.15) is 0 Å². The molecule has 148 valence electrons. The van der Waals surface area contributed by atoms with Crippen LogP contribution in [0.5, 0.6) is 0 Å². The van der Waals surface area contributed by atoms with Gasteiger partial charge >= 0.3 is 5.69 Å². The van der Waals surface area contributed by atoms with Crippen LogP contribution in [0.15, 0.2) is 76.6 Å². The second kappa shape index (κ2) is 7.54. The number of rotatable bonds is 5. The summed E-state index contributed by atoms with van der Waals surface area (Å²) in [6.45, 7) is 6.37. The molecule has 1 atom stereocenters. The van der Waals surface area contributed by atoms with Crippen LogP contribution in [-0.2, 0) is 6.54 Å². The van der Waals surface area contributed by atoms with E-state index in [1.54, 1.807) is 6.33 Å². The summed E-state index contributed by atoms with van der Waals surface area (Å²) in [7, 11) is 0. The Balaban J connectivity index is 2.05. The lowest BCUT2D eigenvalue weighted by atomic mass is 10.1. The predicted molar refractivity (Wildman–Crippen MR) is 115 cm³/mol. The molecule has 6 heteroatoms. The summed E-state index contributed by atoms with van der Waals surface area (Å²) in [6.07, 6.45) is 1.66. The third-order valence-corrected chi connectivity index (χ3v) is 5.12. The maximum Gasteiger partial charge on any atom is 0.337 e. The molecule has 0 aliphatic heterocycles. The number of hydrogen-bond acceptors (Lipinski definition) is 3. The fourth-order valence-electron chi connectivity index (χ4n) is 3.67. The van der Waals surface area contributed by atoms with Gasteiger partial charge in [-0.25, -0.2) is 14.3 Å². The van der Waals surface area contributed by atoms with Crippen LogP contribution in [0, 0.1) is 5.92 Å². The Morgan fingerprint density at radius 3 is 2.14 bits per heavy atom. The molecule has 4 aromatic rings. The van der Waals surface area contributed by atoms with Crippen LogP contribution in [0.4, 0.5) is 0 Å². The predicted octanol–water partition coefficient (Wildman–Crippen LogP) is 3.61. The Bertz CT molecular complexity index is 1250. The highest BCUT2D eigenvalue weighted by molar-refractivity contribution is 5.72. The number of para-hydroxylation sites is 1. The molecule has 0 bridgehead atoms. The molecular weight excluding hydrogens is 364 g/mol.